The zero-order chi connectivity index (χ0) is 24.8. The Morgan fingerprint density at radius 3 is 2.60 bits per heavy atom. The van der Waals surface area contributed by atoms with Crippen molar-refractivity contribution in [2.75, 3.05) is 20.3 Å². The molecule has 0 saturated carbocycles. The summed E-state index contributed by atoms with van der Waals surface area (Å²) in [5.74, 6) is -1.64. The number of phenols is 1. The van der Waals surface area contributed by atoms with E-state index in [1.807, 2.05) is 6.07 Å². The molecule has 5 N–H and O–H groups in total. The molecule has 1 aromatic heterocycles. The maximum atomic E-state index is 13.1. The average Bonchev–Trinajstić information content (AvgIpc) is 2.79. The van der Waals surface area contributed by atoms with E-state index in [4.69, 9.17) is 4.74 Å². The lowest BCUT2D eigenvalue weighted by Crippen LogP contribution is -2.32. The van der Waals surface area contributed by atoms with E-state index in [1.165, 1.54) is 13.0 Å². The number of pyridine rings is 1. The lowest BCUT2D eigenvalue weighted by molar-refractivity contribution is -0.131. The fraction of sp³-hybridized carbons (Fsp3) is 0.462. The predicted octanol–water partition coefficient (Wildman–Crippen LogP) is 2.42. The number of carbonyl (C=O) groups is 3. The van der Waals surface area contributed by atoms with Gasteiger partial charge in [0.05, 0.1) is 31.9 Å². The summed E-state index contributed by atoms with van der Waals surface area (Å²) in [5.41, 5.74) is 2.51. The Bertz CT molecular complexity index is 1080. The molecular weight excluding hydrogens is 454 g/mol. The van der Waals surface area contributed by atoms with Gasteiger partial charge < -0.3 is 25.5 Å². The number of aliphatic hydroxyl groups excluding tert-OH is 2. The van der Waals surface area contributed by atoms with E-state index in [0.29, 0.717) is 29.7 Å². The van der Waals surface area contributed by atoms with E-state index in [1.54, 1.807) is 25.6 Å². The number of aromatic nitrogens is 1. The average molecular weight is 492 g/mol. The standard InChI is InChI=1S/C26H31NO7.H2O.2H2/c1-15(30)7-24(32)22(14-29)17(5-6-28)8-16-9-21-20(18-11-19(34-2)13-27-12-18)3-4-23(31)26(21)25(33)10-16;;;/h3-4,11-13,16-17,22,28-29,31H,5-10,14H2,1-2H3;1H2;2*1H. The lowest BCUT2D eigenvalue weighted by Gasteiger charge is -2.31. The first-order chi connectivity index (χ1) is 16.3. The van der Waals surface area contributed by atoms with Crippen molar-refractivity contribution in [1.29, 1.82) is 0 Å². The summed E-state index contributed by atoms with van der Waals surface area (Å²) in [4.78, 5) is 41.3. The van der Waals surface area contributed by atoms with Crippen LogP contribution in [0.2, 0.25) is 0 Å². The van der Waals surface area contributed by atoms with E-state index < -0.39 is 12.5 Å². The number of carbonyl (C=O) groups excluding carboxylic acids is 3. The molecule has 0 fully saturated rings. The fourth-order valence-corrected chi connectivity index (χ4v) is 4.97. The molecule has 1 heterocycles. The summed E-state index contributed by atoms with van der Waals surface area (Å²) >= 11 is 0. The highest BCUT2D eigenvalue weighted by Gasteiger charge is 2.35. The second-order valence-electron chi connectivity index (χ2n) is 8.94. The minimum atomic E-state index is -0.779. The van der Waals surface area contributed by atoms with Crippen LogP contribution in [0.15, 0.2) is 30.6 Å². The van der Waals surface area contributed by atoms with Crippen molar-refractivity contribution >= 4 is 17.3 Å². The normalized spacial score (nSPS) is 16.6. The van der Waals surface area contributed by atoms with Crippen molar-refractivity contribution < 1.29 is 42.8 Å². The van der Waals surface area contributed by atoms with Gasteiger partial charge in [0.25, 0.3) is 0 Å². The molecule has 3 rings (SSSR count). The van der Waals surface area contributed by atoms with Gasteiger partial charge in [-0.25, -0.2) is 0 Å². The number of phenolic OH excluding ortho intramolecular Hbond substituents is 1. The van der Waals surface area contributed by atoms with Crippen LogP contribution in [0.5, 0.6) is 11.5 Å². The summed E-state index contributed by atoms with van der Waals surface area (Å²) in [6.07, 6.45) is 4.34. The number of ketones is 3. The zero-order valence-electron chi connectivity index (χ0n) is 20.0. The molecule has 3 unspecified atom stereocenters. The number of Topliss-reactive ketones (excluding diaryl/α,β-unsaturated/α-hetero) is 3. The number of rotatable bonds is 11. The summed E-state index contributed by atoms with van der Waals surface area (Å²) in [6.45, 7) is 0.731. The fourth-order valence-electron chi connectivity index (χ4n) is 4.97. The van der Waals surface area contributed by atoms with Crippen molar-refractivity contribution in [2.45, 2.75) is 39.0 Å². The zero-order valence-corrected chi connectivity index (χ0v) is 20.0. The summed E-state index contributed by atoms with van der Waals surface area (Å²) in [7, 11) is 1.54. The quantitative estimate of drug-likeness (QED) is 0.403. The molecule has 1 aliphatic carbocycles. The third kappa shape index (κ3) is 6.50. The van der Waals surface area contributed by atoms with Crippen molar-refractivity contribution in [3.05, 3.63) is 41.7 Å². The molecule has 9 heteroatoms. The number of benzene rings is 1. The first-order valence-corrected chi connectivity index (χ1v) is 11.4. The molecule has 0 radical (unpaired) electrons. The lowest BCUT2D eigenvalue weighted by atomic mass is 9.72. The van der Waals surface area contributed by atoms with Crippen LogP contribution in [-0.4, -0.2) is 63.5 Å². The van der Waals surface area contributed by atoms with Crippen molar-refractivity contribution in [3.8, 4) is 22.6 Å². The Morgan fingerprint density at radius 2 is 1.97 bits per heavy atom. The Labute approximate surface area is 207 Å². The number of hydrogen-bond acceptors (Lipinski definition) is 8. The van der Waals surface area contributed by atoms with Gasteiger partial charge in [0.1, 0.15) is 23.1 Å². The number of ether oxygens (including phenoxy) is 1. The molecule has 35 heavy (non-hydrogen) atoms. The van der Waals surface area contributed by atoms with Crippen LogP contribution in [0.3, 0.4) is 0 Å². The van der Waals surface area contributed by atoms with Crippen LogP contribution in [0.1, 0.15) is 51.4 Å². The first kappa shape index (κ1) is 28.1. The van der Waals surface area contributed by atoms with Gasteiger partial charge in [-0.3, -0.25) is 19.4 Å². The monoisotopic (exact) mass is 491 g/mol. The highest BCUT2D eigenvalue weighted by atomic mass is 16.5. The van der Waals surface area contributed by atoms with Crippen molar-refractivity contribution in [2.24, 2.45) is 17.8 Å². The van der Waals surface area contributed by atoms with Crippen LogP contribution >= 0.6 is 0 Å². The SMILES string of the molecule is COc1cncc(-c2ccc(O)c3c2CC(CC(CCO)C(CO)C(=O)CC(C)=O)CC3=O)c1.O.[HH].[HH]. The molecule has 1 aromatic carbocycles. The Hall–Kier alpha value is -3.14. The minimum absolute atomic E-state index is 0. The molecule has 2 aromatic rings. The first-order valence-electron chi connectivity index (χ1n) is 11.4. The second-order valence-corrected chi connectivity index (χ2v) is 8.94. The number of aromatic hydroxyl groups is 1. The van der Waals surface area contributed by atoms with Crippen molar-refractivity contribution in [1.82, 2.24) is 4.98 Å². The van der Waals surface area contributed by atoms with Gasteiger partial charge in [-0.1, -0.05) is 6.07 Å². The van der Waals surface area contributed by atoms with Crippen LogP contribution in [0.25, 0.3) is 11.1 Å². The van der Waals surface area contributed by atoms with Gasteiger partial charge in [0, 0.05) is 33.6 Å². The molecular formula is C26H37NO8. The second kappa shape index (κ2) is 12.5. The van der Waals surface area contributed by atoms with E-state index >= 15 is 0 Å². The van der Waals surface area contributed by atoms with Crippen molar-refractivity contribution in [3.63, 3.8) is 0 Å². The molecule has 0 amide bonds. The smallest absolute Gasteiger partial charge is 0.167 e. The Balaban J connectivity index is 0.00000432. The summed E-state index contributed by atoms with van der Waals surface area (Å²) in [6, 6.07) is 5.06. The molecule has 0 spiro atoms. The molecule has 9 nitrogen and oxygen atoms in total. The molecule has 0 saturated heterocycles. The van der Waals surface area contributed by atoms with Gasteiger partial charge in [0.15, 0.2) is 5.78 Å². The van der Waals surface area contributed by atoms with E-state index in [-0.39, 0.29) is 69.1 Å². The topological polar surface area (TPSA) is 166 Å². The largest absolute Gasteiger partial charge is 0.507 e. The molecule has 0 aliphatic heterocycles. The summed E-state index contributed by atoms with van der Waals surface area (Å²) in [5, 5.41) is 29.9. The third-order valence-corrected chi connectivity index (χ3v) is 6.53. The van der Waals surface area contributed by atoms with Gasteiger partial charge in [0.2, 0.25) is 0 Å². The number of nitrogens with zero attached hydrogens (tertiary/aromatic N) is 1. The van der Waals surface area contributed by atoms with Crippen LogP contribution in [0.4, 0.5) is 0 Å². The maximum Gasteiger partial charge on any atom is 0.167 e. The Kier molecular flexibility index (Phi) is 10.1. The number of methoxy groups -OCH3 is 1. The predicted molar refractivity (Wildman–Crippen MR) is 133 cm³/mol. The van der Waals surface area contributed by atoms with Crippen LogP contribution in [0, 0.1) is 17.8 Å². The number of fused-ring (bicyclic) bond motifs is 1. The highest BCUT2D eigenvalue weighted by molar-refractivity contribution is 6.03. The summed E-state index contributed by atoms with van der Waals surface area (Å²) < 4.78 is 5.27. The van der Waals surface area contributed by atoms with Gasteiger partial charge >= 0.3 is 0 Å². The van der Waals surface area contributed by atoms with E-state index in [0.717, 1.165) is 11.1 Å². The molecule has 3 atom stereocenters. The van der Waals surface area contributed by atoms with Crippen LogP contribution < -0.4 is 4.74 Å². The number of aliphatic hydroxyl groups is 2. The molecule has 1 aliphatic rings. The molecule has 194 valence electrons. The van der Waals surface area contributed by atoms with Gasteiger partial charge in [-0.05, 0) is 61.3 Å². The highest BCUT2D eigenvalue weighted by Crippen LogP contribution is 2.41. The maximum absolute atomic E-state index is 13.1. The third-order valence-electron chi connectivity index (χ3n) is 6.53. The minimum Gasteiger partial charge on any atom is -0.507 e. The number of hydrogen-bond donors (Lipinski definition) is 3. The van der Waals surface area contributed by atoms with Gasteiger partial charge in [-0.15, -0.1) is 0 Å². The molecule has 0 bridgehead atoms. The van der Waals surface area contributed by atoms with E-state index in [2.05, 4.69) is 4.98 Å². The van der Waals surface area contributed by atoms with Crippen LogP contribution in [-0.2, 0) is 16.0 Å². The Morgan fingerprint density at radius 1 is 1.23 bits per heavy atom. The van der Waals surface area contributed by atoms with E-state index in [9.17, 15) is 29.7 Å². The van der Waals surface area contributed by atoms with Gasteiger partial charge in [-0.2, -0.15) is 0 Å².